The third-order valence-corrected chi connectivity index (χ3v) is 5.36. The molecule has 118 valence electrons. The summed E-state index contributed by atoms with van der Waals surface area (Å²) in [7, 11) is 0. The van der Waals surface area contributed by atoms with E-state index in [4.69, 9.17) is 0 Å². The quantitative estimate of drug-likeness (QED) is 0.801. The molecule has 1 aromatic rings. The molecule has 0 spiro atoms. The molecule has 0 saturated heterocycles. The number of aromatic nitrogens is 1. The molecule has 1 heterocycles. The molecular weight excluding hydrogens is 256 g/mol. The maximum absolute atomic E-state index is 4.11. The Balaban J connectivity index is 1.91. The lowest BCUT2D eigenvalue weighted by Crippen LogP contribution is -2.40. The van der Waals surface area contributed by atoms with Crippen LogP contribution >= 0.6 is 0 Å². The van der Waals surface area contributed by atoms with Crippen molar-refractivity contribution in [1.29, 1.82) is 0 Å². The molecule has 0 radical (unpaired) electrons. The van der Waals surface area contributed by atoms with Crippen molar-refractivity contribution in [1.82, 2.24) is 10.3 Å². The van der Waals surface area contributed by atoms with Crippen molar-refractivity contribution in [3.05, 3.63) is 30.1 Å². The Morgan fingerprint density at radius 2 is 1.95 bits per heavy atom. The summed E-state index contributed by atoms with van der Waals surface area (Å²) in [5, 5.41) is 3.83. The number of hydrogen-bond donors (Lipinski definition) is 1. The van der Waals surface area contributed by atoms with E-state index in [1.165, 1.54) is 44.1 Å². The van der Waals surface area contributed by atoms with Gasteiger partial charge in [-0.25, -0.2) is 0 Å². The fraction of sp³-hybridized carbons (Fsp3) is 0.737. The first-order valence-corrected chi connectivity index (χ1v) is 8.83. The number of nitrogens with one attached hydrogen (secondary N) is 1. The Hall–Kier alpha value is -0.890. The summed E-state index contributed by atoms with van der Waals surface area (Å²) < 4.78 is 0. The molecule has 4 unspecified atom stereocenters. The second-order valence-electron chi connectivity index (χ2n) is 6.98. The van der Waals surface area contributed by atoms with Gasteiger partial charge in [-0.15, -0.1) is 0 Å². The average molecular weight is 288 g/mol. The smallest absolute Gasteiger partial charge is 0.0270 e. The van der Waals surface area contributed by atoms with Crippen molar-refractivity contribution in [3.8, 4) is 0 Å². The molecule has 1 fully saturated rings. The zero-order chi connectivity index (χ0) is 15.1. The van der Waals surface area contributed by atoms with Crippen LogP contribution in [-0.4, -0.2) is 17.6 Å². The van der Waals surface area contributed by atoms with Gasteiger partial charge in [0, 0.05) is 18.4 Å². The minimum atomic E-state index is 0.688. The number of rotatable bonds is 7. The summed E-state index contributed by atoms with van der Waals surface area (Å²) in [6.07, 6.45) is 11.7. The normalized spacial score (nSPS) is 27.5. The summed E-state index contributed by atoms with van der Waals surface area (Å²) in [5.41, 5.74) is 1.42. The fourth-order valence-corrected chi connectivity index (χ4v) is 3.66. The van der Waals surface area contributed by atoms with Gasteiger partial charge < -0.3 is 5.32 Å². The highest BCUT2D eigenvalue weighted by Crippen LogP contribution is 2.36. The standard InChI is InChI=1S/C19H32N2/c1-4-11-21-19(8-6-17-9-12-20-13-10-17)18-7-5-15(2)16(3)14-18/h9-10,12-13,15-16,18-19,21H,4-8,11,14H2,1-3H3. The monoisotopic (exact) mass is 288 g/mol. The van der Waals surface area contributed by atoms with Crippen LogP contribution in [0, 0.1) is 17.8 Å². The second-order valence-corrected chi connectivity index (χ2v) is 6.98. The van der Waals surface area contributed by atoms with Gasteiger partial charge in [-0.1, -0.05) is 27.2 Å². The zero-order valence-electron chi connectivity index (χ0n) is 14.0. The molecule has 0 aromatic carbocycles. The van der Waals surface area contributed by atoms with Crippen LogP contribution in [0.4, 0.5) is 0 Å². The Bertz CT molecular complexity index is 390. The van der Waals surface area contributed by atoms with Crippen LogP contribution in [-0.2, 0) is 6.42 Å². The molecule has 2 heteroatoms. The Morgan fingerprint density at radius 3 is 2.62 bits per heavy atom. The lowest BCUT2D eigenvalue weighted by Gasteiger charge is -2.37. The van der Waals surface area contributed by atoms with Crippen molar-refractivity contribution >= 4 is 0 Å². The molecule has 0 aliphatic heterocycles. The summed E-state index contributed by atoms with van der Waals surface area (Å²) in [6.45, 7) is 8.28. The van der Waals surface area contributed by atoms with Crippen LogP contribution in [0.15, 0.2) is 24.5 Å². The lowest BCUT2D eigenvalue weighted by molar-refractivity contribution is 0.166. The first kappa shape index (κ1) is 16.5. The van der Waals surface area contributed by atoms with Crippen molar-refractivity contribution in [2.45, 2.75) is 65.3 Å². The van der Waals surface area contributed by atoms with E-state index in [1.54, 1.807) is 0 Å². The largest absolute Gasteiger partial charge is 0.314 e. The summed E-state index contributed by atoms with van der Waals surface area (Å²) in [6, 6.07) is 5.00. The Morgan fingerprint density at radius 1 is 1.19 bits per heavy atom. The van der Waals surface area contributed by atoms with Crippen LogP contribution < -0.4 is 5.32 Å². The topological polar surface area (TPSA) is 24.9 Å². The molecule has 0 bridgehead atoms. The van der Waals surface area contributed by atoms with Crippen molar-refractivity contribution in [2.75, 3.05) is 6.54 Å². The average Bonchev–Trinajstić information content (AvgIpc) is 2.51. The van der Waals surface area contributed by atoms with Crippen molar-refractivity contribution < 1.29 is 0 Å². The molecule has 1 aliphatic rings. The van der Waals surface area contributed by atoms with Crippen molar-refractivity contribution in [3.63, 3.8) is 0 Å². The minimum absolute atomic E-state index is 0.688. The van der Waals surface area contributed by atoms with Crippen molar-refractivity contribution in [2.24, 2.45) is 17.8 Å². The predicted octanol–water partition coefficient (Wildman–Crippen LogP) is 4.45. The van der Waals surface area contributed by atoms with E-state index in [-0.39, 0.29) is 0 Å². The molecule has 2 rings (SSSR count). The second kappa shape index (κ2) is 8.53. The first-order chi connectivity index (χ1) is 10.2. The highest BCUT2D eigenvalue weighted by atomic mass is 14.9. The maximum Gasteiger partial charge on any atom is 0.0270 e. The van der Waals surface area contributed by atoms with Crippen LogP contribution in [0.5, 0.6) is 0 Å². The SMILES string of the molecule is CCCNC(CCc1ccncc1)C1CCC(C)C(C)C1. The number of hydrogen-bond acceptors (Lipinski definition) is 2. The van der Waals surface area contributed by atoms with E-state index in [1.807, 2.05) is 12.4 Å². The van der Waals surface area contributed by atoms with E-state index in [0.29, 0.717) is 6.04 Å². The van der Waals surface area contributed by atoms with Gasteiger partial charge in [-0.3, -0.25) is 4.98 Å². The summed E-state index contributed by atoms with van der Waals surface area (Å²) >= 11 is 0. The van der Waals surface area contributed by atoms with E-state index < -0.39 is 0 Å². The molecule has 1 aromatic heterocycles. The Labute approximate surface area is 130 Å². The van der Waals surface area contributed by atoms with Crippen LogP contribution in [0.25, 0.3) is 0 Å². The zero-order valence-corrected chi connectivity index (χ0v) is 14.0. The number of nitrogens with zero attached hydrogens (tertiary/aromatic N) is 1. The molecule has 2 nitrogen and oxygen atoms in total. The van der Waals surface area contributed by atoms with Gasteiger partial charge in [0.2, 0.25) is 0 Å². The lowest BCUT2D eigenvalue weighted by atomic mass is 9.72. The van der Waals surface area contributed by atoms with Crippen LogP contribution in [0.3, 0.4) is 0 Å². The highest BCUT2D eigenvalue weighted by molar-refractivity contribution is 5.10. The number of pyridine rings is 1. The van der Waals surface area contributed by atoms with Gasteiger partial charge in [0.05, 0.1) is 0 Å². The minimum Gasteiger partial charge on any atom is -0.314 e. The molecule has 4 atom stereocenters. The van der Waals surface area contributed by atoms with Gasteiger partial charge in [0.15, 0.2) is 0 Å². The first-order valence-electron chi connectivity index (χ1n) is 8.83. The van der Waals surface area contributed by atoms with Gasteiger partial charge in [0.25, 0.3) is 0 Å². The van der Waals surface area contributed by atoms with E-state index in [0.717, 1.165) is 24.3 Å². The molecular formula is C19H32N2. The number of aryl methyl sites for hydroxylation is 1. The van der Waals surface area contributed by atoms with E-state index >= 15 is 0 Å². The molecule has 1 N–H and O–H groups in total. The Kier molecular flexibility index (Phi) is 6.69. The summed E-state index contributed by atoms with van der Waals surface area (Å²) in [5.74, 6) is 2.66. The molecule has 0 amide bonds. The van der Waals surface area contributed by atoms with Gasteiger partial charge in [-0.2, -0.15) is 0 Å². The van der Waals surface area contributed by atoms with E-state index in [2.05, 4.69) is 43.2 Å². The van der Waals surface area contributed by atoms with Crippen LogP contribution in [0.1, 0.15) is 58.4 Å². The van der Waals surface area contributed by atoms with Gasteiger partial charge in [0.1, 0.15) is 0 Å². The van der Waals surface area contributed by atoms with Gasteiger partial charge >= 0.3 is 0 Å². The molecule has 1 saturated carbocycles. The molecule has 21 heavy (non-hydrogen) atoms. The highest BCUT2D eigenvalue weighted by Gasteiger charge is 2.29. The fourth-order valence-electron chi connectivity index (χ4n) is 3.66. The molecule has 1 aliphatic carbocycles. The third-order valence-electron chi connectivity index (χ3n) is 5.36. The maximum atomic E-state index is 4.11. The summed E-state index contributed by atoms with van der Waals surface area (Å²) in [4.78, 5) is 4.11. The van der Waals surface area contributed by atoms with E-state index in [9.17, 15) is 0 Å². The predicted molar refractivity (Wildman–Crippen MR) is 90.3 cm³/mol. The van der Waals surface area contributed by atoms with Gasteiger partial charge in [-0.05, 0) is 74.1 Å². The van der Waals surface area contributed by atoms with Crippen LogP contribution in [0.2, 0.25) is 0 Å². The third kappa shape index (κ3) is 5.10.